The molecule has 176 valence electrons. The lowest BCUT2D eigenvalue weighted by Gasteiger charge is -2.29. The molecule has 3 fully saturated rings. The van der Waals surface area contributed by atoms with Gasteiger partial charge in [-0.15, -0.1) is 0 Å². The maximum absolute atomic E-state index is 12.8. The van der Waals surface area contributed by atoms with Crippen molar-refractivity contribution < 1.29 is 9.59 Å². The van der Waals surface area contributed by atoms with E-state index in [0.29, 0.717) is 25.6 Å². The third-order valence-electron chi connectivity index (χ3n) is 7.86. The summed E-state index contributed by atoms with van der Waals surface area (Å²) in [5.74, 6) is 1.19. The van der Waals surface area contributed by atoms with Crippen molar-refractivity contribution in [2.24, 2.45) is 28.7 Å². The number of hydrogen-bond donors (Lipinski definition) is 2. The Bertz CT molecular complexity index is 894. The second kappa shape index (κ2) is 9.67. The molecule has 0 aromatic heterocycles. The molecule has 7 heteroatoms. The fourth-order valence-electron chi connectivity index (χ4n) is 6.23. The number of hydrogen-bond acceptors (Lipinski definition) is 4. The van der Waals surface area contributed by atoms with Crippen LogP contribution in [0.3, 0.4) is 0 Å². The molecule has 2 amide bonds. The number of fused-ring (bicyclic) bond motifs is 5. The molecule has 2 saturated heterocycles. The number of likely N-dealkylation sites (tertiary alicyclic amines) is 2. The predicted molar refractivity (Wildman–Crippen MR) is 128 cm³/mol. The number of imide groups is 1. The third-order valence-corrected chi connectivity index (χ3v) is 7.86. The van der Waals surface area contributed by atoms with Gasteiger partial charge in [0.05, 0.1) is 17.9 Å². The van der Waals surface area contributed by atoms with Crippen LogP contribution in [0.15, 0.2) is 47.5 Å². The molecule has 0 radical (unpaired) electrons. The lowest BCUT2D eigenvalue weighted by molar-refractivity contribution is -0.140. The molecule has 1 aromatic carbocycles. The van der Waals surface area contributed by atoms with E-state index < -0.39 is 0 Å². The van der Waals surface area contributed by atoms with E-state index in [4.69, 9.17) is 0 Å². The topological polar surface area (TPSA) is 77.0 Å². The van der Waals surface area contributed by atoms with Crippen molar-refractivity contribution in [2.45, 2.75) is 31.7 Å². The number of aliphatic imine (C=N–C) groups is 1. The molecule has 7 nitrogen and oxygen atoms in total. The van der Waals surface area contributed by atoms with Gasteiger partial charge in [0.15, 0.2) is 5.96 Å². The van der Waals surface area contributed by atoms with Crippen LogP contribution >= 0.6 is 0 Å². The van der Waals surface area contributed by atoms with Crippen molar-refractivity contribution in [1.29, 1.82) is 0 Å². The minimum absolute atomic E-state index is 0.0423. The fourth-order valence-corrected chi connectivity index (χ4v) is 6.23. The van der Waals surface area contributed by atoms with Gasteiger partial charge in [-0.25, -0.2) is 0 Å². The van der Waals surface area contributed by atoms with Crippen molar-refractivity contribution in [2.75, 3.05) is 39.8 Å². The molecule has 2 heterocycles. The van der Waals surface area contributed by atoms with E-state index in [1.54, 1.807) is 7.05 Å². The molecule has 5 unspecified atom stereocenters. The molecule has 1 saturated carbocycles. The molecule has 1 aromatic rings. The molecule has 5 atom stereocenters. The van der Waals surface area contributed by atoms with Crippen LogP contribution < -0.4 is 10.6 Å². The summed E-state index contributed by atoms with van der Waals surface area (Å²) in [6.07, 6.45) is 8.48. The maximum atomic E-state index is 12.8. The van der Waals surface area contributed by atoms with Gasteiger partial charge in [-0.2, -0.15) is 0 Å². The number of rotatable bonds is 8. The van der Waals surface area contributed by atoms with Gasteiger partial charge in [-0.1, -0.05) is 42.5 Å². The van der Waals surface area contributed by atoms with Crippen molar-refractivity contribution in [3.63, 3.8) is 0 Å². The van der Waals surface area contributed by atoms with Gasteiger partial charge in [0.1, 0.15) is 0 Å². The first kappa shape index (κ1) is 22.1. The number of carbonyl (C=O) groups excluding carboxylic acids is 2. The molecule has 0 spiro atoms. The number of benzene rings is 1. The average molecular weight is 450 g/mol. The molecule has 2 aliphatic heterocycles. The molecule has 2 bridgehead atoms. The molecule has 5 rings (SSSR count). The highest BCUT2D eigenvalue weighted by atomic mass is 16.2. The van der Waals surface area contributed by atoms with E-state index in [2.05, 4.69) is 63.0 Å². The Labute approximate surface area is 196 Å². The summed E-state index contributed by atoms with van der Waals surface area (Å²) in [5.41, 5.74) is 1.32. The molecule has 2 aliphatic carbocycles. The highest BCUT2D eigenvalue weighted by Crippen LogP contribution is 2.52. The number of amides is 2. The predicted octanol–water partition coefficient (Wildman–Crippen LogP) is 2.19. The van der Waals surface area contributed by atoms with E-state index in [1.807, 2.05) is 0 Å². The standard InChI is InChI=1S/C26H35N5O2/c1-27-26(29-17-21(30-13-5-6-14-30)18-8-3-2-4-9-18)28-12-7-15-31-24(32)22-19-10-11-20(16-19)23(22)25(31)33/h2-4,8-11,19-23H,5-7,12-17H2,1H3,(H2,27,28,29). The zero-order chi connectivity index (χ0) is 22.8. The van der Waals surface area contributed by atoms with Crippen LogP contribution in [0.4, 0.5) is 0 Å². The largest absolute Gasteiger partial charge is 0.356 e. The van der Waals surface area contributed by atoms with Gasteiger partial charge in [0.25, 0.3) is 0 Å². The van der Waals surface area contributed by atoms with Crippen LogP contribution in [0.25, 0.3) is 0 Å². The van der Waals surface area contributed by atoms with Crippen LogP contribution in [0, 0.1) is 23.7 Å². The SMILES string of the molecule is CN=C(NCCCN1C(=O)C2C3C=CC(C3)C2C1=O)NCC(c1ccccc1)N1CCCC1. The minimum atomic E-state index is -0.101. The summed E-state index contributed by atoms with van der Waals surface area (Å²) in [6, 6.07) is 11.0. The van der Waals surface area contributed by atoms with Crippen molar-refractivity contribution in [3.8, 4) is 0 Å². The van der Waals surface area contributed by atoms with E-state index in [9.17, 15) is 9.59 Å². The Hall–Kier alpha value is -2.67. The Morgan fingerprint density at radius 1 is 1.03 bits per heavy atom. The molecular formula is C26H35N5O2. The highest BCUT2D eigenvalue weighted by Gasteiger charge is 2.58. The van der Waals surface area contributed by atoms with E-state index >= 15 is 0 Å². The molecular weight excluding hydrogens is 414 g/mol. The Kier molecular flexibility index (Phi) is 6.49. The Balaban J connectivity index is 1.10. The van der Waals surface area contributed by atoms with Crippen molar-refractivity contribution >= 4 is 17.8 Å². The molecule has 33 heavy (non-hydrogen) atoms. The van der Waals surface area contributed by atoms with Crippen LogP contribution in [0.5, 0.6) is 0 Å². The average Bonchev–Trinajstić information content (AvgIpc) is 3.63. The fraction of sp³-hybridized carbons (Fsp3) is 0.577. The van der Waals surface area contributed by atoms with Crippen molar-refractivity contribution in [1.82, 2.24) is 20.4 Å². The summed E-state index contributed by atoms with van der Waals surface area (Å²) in [6.45, 7) is 4.19. The first-order valence-electron chi connectivity index (χ1n) is 12.4. The second-order valence-electron chi connectivity index (χ2n) is 9.73. The summed E-state index contributed by atoms with van der Waals surface area (Å²) in [4.78, 5) is 34.1. The number of guanidine groups is 1. The second-order valence-corrected chi connectivity index (χ2v) is 9.73. The first-order chi connectivity index (χ1) is 16.2. The summed E-state index contributed by atoms with van der Waals surface area (Å²) >= 11 is 0. The molecule has 2 N–H and O–H groups in total. The van der Waals surface area contributed by atoms with Gasteiger partial charge < -0.3 is 10.6 Å². The number of nitrogens with one attached hydrogen (secondary N) is 2. The van der Waals surface area contributed by atoms with E-state index in [1.165, 1.54) is 23.3 Å². The monoisotopic (exact) mass is 449 g/mol. The van der Waals surface area contributed by atoms with Crippen LogP contribution in [-0.2, 0) is 9.59 Å². The zero-order valence-corrected chi connectivity index (χ0v) is 19.5. The Morgan fingerprint density at radius 3 is 2.33 bits per heavy atom. The summed E-state index contributed by atoms with van der Waals surface area (Å²) in [7, 11) is 1.78. The van der Waals surface area contributed by atoms with Crippen LogP contribution in [0.1, 0.15) is 37.3 Å². The van der Waals surface area contributed by atoms with Gasteiger partial charge in [-0.05, 0) is 56.2 Å². The number of nitrogens with zero attached hydrogens (tertiary/aromatic N) is 3. The van der Waals surface area contributed by atoms with Gasteiger partial charge in [0.2, 0.25) is 11.8 Å². The summed E-state index contributed by atoms with van der Waals surface area (Å²) in [5, 5.41) is 6.84. The normalized spacial score (nSPS) is 29.7. The minimum Gasteiger partial charge on any atom is -0.356 e. The first-order valence-corrected chi connectivity index (χ1v) is 12.4. The third kappa shape index (κ3) is 4.31. The zero-order valence-electron chi connectivity index (χ0n) is 19.5. The number of carbonyl (C=O) groups is 2. The number of allylic oxidation sites excluding steroid dienone is 2. The maximum Gasteiger partial charge on any atom is 0.233 e. The van der Waals surface area contributed by atoms with Crippen molar-refractivity contribution in [3.05, 3.63) is 48.0 Å². The van der Waals surface area contributed by atoms with Gasteiger partial charge in [0, 0.05) is 26.7 Å². The van der Waals surface area contributed by atoms with Crippen LogP contribution in [-0.4, -0.2) is 67.3 Å². The van der Waals surface area contributed by atoms with E-state index in [0.717, 1.165) is 32.0 Å². The highest BCUT2D eigenvalue weighted by molar-refractivity contribution is 6.06. The van der Waals surface area contributed by atoms with Gasteiger partial charge >= 0.3 is 0 Å². The smallest absolute Gasteiger partial charge is 0.233 e. The van der Waals surface area contributed by atoms with Crippen LogP contribution in [0.2, 0.25) is 0 Å². The molecule has 4 aliphatic rings. The Morgan fingerprint density at radius 2 is 1.70 bits per heavy atom. The lowest BCUT2D eigenvalue weighted by atomic mass is 9.85. The lowest BCUT2D eigenvalue weighted by Crippen LogP contribution is -2.43. The summed E-state index contributed by atoms with van der Waals surface area (Å²) < 4.78 is 0. The quantitative estimate of drug-likeness (QED) is 0.209. The van der Waals surface area contributed by atoms with E-state index in [-0.39, 0.29) is 35.5 Å². The van der Waals surface area contributed by atoms with Gasteiger partial charge in [-0.3, -0.25) is 24.4 Å².